The summed E-state index contributed by atoms with van der Waals surface area (Å²) in [6.07, 6.45) is 3.00. The van der Waals surface area contributed by atoms with E-state index in [0.717, 1.165) is 30.4 Å². The maximum absolute atomic E-state index is 14.4. The van der Waals surface area contributed by atoms with Gasteiger partial charge < -0.3 is 25.0 Å². The highest BCUT2D eigenvalue weighted by atomic mass is 16.6. The van der Waals surface area contributed by atoms with E-state index >= 15 is 0 Å². The van der Waals surface area contributed by atoms with Crippen molar-refractivity contribution in [1.29, 1.82) is 0 Å². The summed E-state index contributed by atoms with van der Waals surface area (Å²) >= 11 is 0. The van der Waals surface area contributed by atoms with Gasteiger partial charge in [-0.05, 0) is 72.9 Å². The van der Waals surface area contributed by atoms with Crippen LogP contribution in [0.2, 0.25) is 0 Å². The average molecular weight is 624 g/mol. The zero-order valence-electron chi connectivity index (χ0n) is 28.6. The van der Waals surface area contributed by atoms with Crippen LogP contribution in [0, 0.1) is 6.92 Å². The Hall–Kier alpha value is -3.88. The molecule has 0 bridgehead atoms. The van der Waals surface area contributed by atoms with Crippen LogP contribution in [-0.4, -0.2) is 58.6 Å². The molecule has 0 radical (unpaired) electrons. The van der Waals surface area contributed by atoms with Crippen LogP contribution in [0.5, 0.6) is 0 Å². The molecule has 0 aliphatic rings. The molecule has 0 spiro atoms. The zero-order chi connectivity index (χ0) is 33.8. The van der Waals surface area contributed by atoms with Crippen molar-refractivity contribution in [2.75, 3.05) is 6.54 Å². The number of unbranched alkanes of at least 4 members (excludes halogenated alkanes) is 3. The summed E-state index contributed by atoms with van der Waals surface area (Å²) in [7, 11) is 0. The Labute approximate surface area is 269 Å². The number of rotatable bonds is 14. The molecule has 3 unspecified atom stereocenters. The van der Waals surface area contributed by atoms with E-state index in [2.05, 4.69) is 17.6 Å². The molecule has 0 aliphatic heterocycles. The summed E-state index contributed by atoms with van der Waals surface area (Å²) in [6.45, 7) is 16.4. The predicted molar refractivity (Wildman–Crippen MR) is 177 cm³/mol. The maximum atomic E-state index is 14.4. The van der Waals surface area contributed by atoms with Crippen LogP contribution < -0.4 is 10.6 Å². The van der Waals surface area contributed by atoms with Gasteiger partial charge in [0.2, 0.25) is 11.8 Å². The summed E-state index contributed by atoms with van der Waals surface area (Å²) in [5, 5.41) is 5.57. The summed E-state index contributed by atoms with van der Waals surface area (Å²) < 4.78 is 11.1. The minimum atomic E-state index is -1.07. The van der Waals surface area contributed by atoms with Crippen LogP contribution in [0.1, 0.15) is 104 Å². The number of aryl methyl sites for hydroxylation is 1. The Balaban J connectivity index is 2.53. The Kier molecular flexibility index (Phi) is 14.1. The van der Waals surface area contributed by atoms with Gasteiger partial charge >= 0.3 is 12.1 Å². The quantitative estimate of drug-likeness (QED) is 0.185. The Morgan fingerprint density at radius 2 is 1.47 bits per heavy atom. The number of hydrogen-bond acceptors (Lipinski definition) is 6. The molecule has 0 heterocycles. The SMILES string of the molecule is CCCCCCN(C(=O)C(C)NC(=O)OC(C)(C)C)C(C(=O)NC(Cc1ccccc1)C(=O)OC(C)(C)C)c1cccc(C)c1. The number of esters is 1. The first-order valence-electron chi connectivity index (χ1n) is 15.9. The molecule has 45 heavy (non-hydrogen) atoms. The van der Waals surface area contributed by atoms with Gasteiger partial charge in [0.1, 0.15) is 29.3 Å². The molecular weight excluding hydrogens is 570 g/mol. The summed E-state index contributed by atoms with van der Waals surface area (Å²) in [5.41, 5.74) is 0.853. The molecule has 0 aromatic heterocycles. The molecule has 0 aliphatic carbocycles. The zero-order valence-corrected chi connectivity index (χ0v) is 28.6. The lowest BCUT2D eigenvalue weighted by molar-refractivity contribution is -0.159. The van der Waals surface area contributed by atoms with Crippen LogP contribution in [-0.2, 0) is 30.3 Å². The van der Waals surface area contributed by atoms with Crippen molar-refractivity contribution in [3.05, 3.63) is 71.3 Å². The van der Waals surface area contributed by atoms with Crippen LogP contribution in [0.4, 0.5) is 4.79 Å². The third-order valence-corrected chi connectivity index (χ3v) is 6.85. The predicted octanol–water partition coefficient (Wildman–Crippen LogP) is 6.43. The van der Waals surface area contributed by atoms with Gasteiger partial charge in [-0.1, -0.05) is 86.3 Å². The van der Waals surface area contributed by atoms with E-state index in [-0.39, 0.29) is 13.0 Å². The smallest absolute Gasteiger partial charge is 0.408 e. The maximum Gasteiger partial charge on any atom is 0.408 e. The van der Waals surface area contributed by atoms with Gasteiger partial charge in [-0.25, -0.2) is 9.59 Å². The van der Waals surface area contributed by atoms with Gasteiger partial charge in [0.25, 0.3) is 0 Å². The standard InChI is InChI=1S/C36H53N3O6/c1-10-11-12-16-22-39(32(41)26(3)37-34(43)45-36(7,8)9)30(28-21-17-18-25(2)23-28)31(40)38-29(33(42)44-35(4,5)6)24-27-19-14-13-15-20-27/h13-15,17-21,23,26,29-30H,10-12,16,22,24H2,1-9H3,(H,37,43)(H,38,40). The van der Waals surface area contributed by atoms with Gasteiger partial charge in [0.15, 0.2) is 0 Å². The molecule has 0 saturated heterocycles. The van der Waals surface area contributed by atoms with Gasteiger partial charge in [0.05, 0.1) is 0 Å². The Bertz CT molecular complexity index is 1270. The second-order valence-corrected chi connectivity index (χ2v) is 13.6. The van der Waals surface area contributed by atoms with Gasteiger partial charge in [-0.2, -0.15) is 0 Å². The van der Waals surface area contributed by atoms with Crippen LogP contribution in [0.15, 0.2) is 54.6 Å². The first kappa shape index (κ1) is 37.3. The number of nitrogens with one attached hydrogen (secondary N) is 2. The molecule has 248 valence electrons. The molecule has 3 atom stereocenters. The number of amides is 3. The van der Waals surface area contributed by atoms with Crippen LogP contribution >= 0.6 is 0 Å². The summed E-state index contributed by atoms with van der Waals surface area (Å²) in [6, 6.07) is 13.8. The molecule has 0 fully saturated rings. The first-order valence-corrected chi connectivity index (χ1v) is 15.9. The number of alkyl carbamates (subject to hydrolysis) is 1. The Morgan fingerprint density at radius 3 is 2.04 bits per heavy atom. The average Bonchev–Trinajstić information content (AvgIpc) is 2.92. The monoisotopic (exact) mass is 623 g/mol. The minimum Gasteiger partial charge on any atom is -0.458 e. The van der Waals surface area contributed by atoms with Gasteiger partial charge in [0, 0.05) is 13.0 Å². The van der Waals surface area contributed by atoms with E-state index in [1.165, 1.54) is 4.90 Å². The highest BCUT2D eigenvalue weighted by molar-refractivity contribution is 5.93. The third-order valence-electron chi connectivity index (χ3n) is 6.85. The molecule has 9 heteroatoms. The van der Waals surface area contributed by atoms with E-state index in [0.29, 0.717) is 12.0 Å². The fourth-order valence-electron chi connectivity index (χ4n) is 4.85. The normalized spacial score (nSPS) is 13.6. The van der Waals surface area contributed by atoms with E-state index in [1.807, 2.05) is 55.5 Å². The van der Waals surface area contributed by atoms with Crippen molar-refractivity contribution in [2.45, 2.75) is 124 Å². The molecular formula is C36H53N3O6. The molecule has 2 aromatic carbocycles. The molecule has 2 aromatic rings. The van der Waals surface area contributed by atoms with Gasteiger partial charge in [-0.15, -0.1) is 0 Å². The fraction of sp³-hybridized carbons (Fsp3) is 0.556. The lowest BCUT2D eigenvalue weighted by Gasteiger charge is -2.35. The molecule has 2 N–H and O–H groups in total. The lowest BCUT2D eigenvalue weighted by atomic mass is 9.99. The van der Waals surface area contributed by atoms with Crippen LogP contribution in [0.25, 0.3) is 0 Å². The number of hydrogen-bond donors (Lipinski definition) is 2. The van der Waals surface area contributed by atoms with E-state index in [1.54, 1.807) is 54.5 Å². The van der Waals surface area contributed by atoms with E-state index in [4.69, 9.17) is 9.47 Å². The molecule has 0 saturated carbocycles. The highest BCUT2D eigenvalue weighted by Gasteiger charge is 2.37. The molecule has 3 amide bonds. The second-order valence-electron chi connectivity index (χ2n) is 13.6. The molecule has 2 rings (SSSR count). The number of benzene rings is 2. The lowest BCUT2D eigenvalue weighted by Crippen LogP contribution is -2.54. The summed E-state index contributed by atoms with van der Waals surface area (Å²) in [4.78, 5) is 56.0. The number of ether oxygens (including phenoxy) is 2. The summed E-state index contributed by atoms with van der Waals surface area (Å²) in [5.74, 6) is -1.51. The van der Waals surface area contributed by atoms with E-state index in [9.17, 15) is 19.2 Å². The topological polar surface area (TPSA) is 114 Å². The van der Waals surface area contributed by atoms with Crippen molar-refractivity contribution < 1.29 is 28.7 Å². The second kappa shape index (κ2) is 17.0. The van der Waals surface area contributed by atoms with Crippen molar-refractivity contribution in [2.24, 2.45) is 0 Å². The number of carbonyl (C=O) groups excluding carboxylic acids is 4. The fourth-order valence-corrected chi connectivity index (χ4v) is 4.85. The minimum absolute atomic E-state index is 0.211. The number of carbonyl (C=O) groups is 4. The first-order chi connectivity index (χ1) is 21.0. The molecule has 9 nitrogen and oxygen atoms in total. The van der Waals surface area contributed by atoms with Crippen molar-refractivity contribution in [3.63, 3.8) is 0 Å². The number of nitrogens with zero attached hydrogens (tertiary/aromatic N) is 1. The van der Waals surface area contributed by atoms with Crippen molar-refractivity contribution in [3.8, 4) is 0 Å². The van der Waals surface area contributed by atoms with Crippen LogP contribution in [0.3, 0.4) is 0 Å². The van der Waals surface area contributed by atoms with Crippen molar-refractivity contribution in [1.82, 2.24) is 15.5 Å². The van der Waals surface area contributed by atoms with Crippen molar-refractivity contribution >= 4 is 23.9 Å². The third kappa shape index (κ3) is 13.3. The largest absolute Gasteiger partial charge is 0.458 e. The Morgan fingerprint density at radius 1 is 0.822 bits per heavy atom. The highest BCUT2D eigenvalue weighted by Crippen LogP contribution is 2.25. The van der Waals surface area contributed by atoms with E-state index < -0.39 is 53.2 Å². The van der Waals surface area contributed by atoms with Gasteiger partial charge in [-0.3, -0.25) is 9.59 Å².